The van der Waals surface area contributed by atoms with Crippen LogP contribution in [0.3, 0.4) is 0 Å². The van der Waals surface area contributed by atoms with Crippen molar-refractivity contribution >= 4 is 35.4 Å². The highest BCUT2D eigenvalue weighted by atomic mass is 35.5. The average molecular weight is 376 g/mol. The van der Waals surface area contributed by atoms with Gasteiger partial charge in [0.2, 0.25) is 0 Å². The van der Waals surface area contributed by atoms with Gasteiger partial charge in [0, 0.05) is 25.3 Å². The number of hydrogen-bond acceptors (Lipinski definition) is 5. The molecule has 2 aromatic rings. The number of nitrogens with zero attached hydrogens (tertiary/aromatic N) is 2. The molecular formula is C18H18ClN3O4. The second-order valence-electron chi connectivity index (χ2n) is 5.52. The predicted molar refractivity (Wildman–Crippen MR) is 100 cm³/mol. The van der Waals surface area contributed by atoms with E-state index in [2.05, 4.69) is 10.5 Å². The molecule has 136 valence electrons. The molecule has 0 saturated heterocycles. The molecule has 8 heteroatoms. The molecule has 0 fully saturated rings. The van der Waals surface area contributed by atoms with Crippen LogP contribution in [0, 0.1) is 0 Å². The van der Waals surface area contributed by atoms with Crippen LogP contribution in [0.15, 0.2) is 47.6 Å². The van der Waals surface area contributed by atoms with Crippen molar-refractivity contribution in [1.29, 1.82) is 0 Å². The molecule has 1 amide bonds. The summed E-state index contributed by atoms with van der Waals surface area (Å²) in [6.45, 7) is -0.477. The zero-order chi connectivity index (χ0) is 19.1. The van der Waals surface area contributed by atoms with E-state index in [-0.39, 0.29) is 16.7 Å². The number of rotatable bonds is 7. The zero-order valence-electron chi connectivity index (χ0n) is 14.3. The van der Waals surface area contributed by atoms with Crippen molar-refractivity contribution in [1.82, 2.24) is 5.43 Å². The van der Waals surface area contributed by atoms with E-state index in [1.807, 2.05) is 25.1 Å². The summed E-state index contributed by atoms with van der Waals surface area (Å²) < 4.78 is 5.03. The molecule has 0 aliphatic heterocycles. The third kappa shape index (κ3) is 5.49. The van der Waals surface area contributed by atoms with Gasteiger partial charge in [-0.15, -0.1) is 0 Å². The van der Waals surface area contributed by atoms with Crippen LogP contribution in [0.2, 0.25) is 5.02 Å². The number of carboxylic acids is 1. The zero-order valence-corrected chi connectivity index (χ0v) is 15.0. The van der Waals surface area contributed by atoms with Gasteiger partial charge in [0.05, 0.1) is 11.2 Å². The van der Waals surface area contributed by atoms with Gasteiger partial charge in [-0.2, -0.15) is 5.10 Å². The fourth-order valence-corrected chi connectivity index (χ4v) is 2.25. The number of anilines is 1. The lowest BCUT2D eigenvalue weighted by Gasteiger charge is -2.12. The van der Waals surface area contributed by atoms with Crippen molar-refractivity contribution in [2.45, 2.75) is 0 Å². The van der Waals surface area contributed by atoms with Gasteiger partial charge in [-0.05, 0) is 42.0 Å². The summed E-state index contributed by atoms with van der Waals surface area (Å²) in [6.07, 6.45) is 1.43. The maximum Gasteiger partial charge on any atom is 0.341 e. The molecular weight excluding hydrogens is 358 g/mol. The number of aliphatic carboxylic acids is 1. The van der Waals surface area contributed by atoms with Crippen molar-refractivity contribution in [3.05, 3.63) is 58.6 Å². The highest BCUT2D eigenvalue weighted by molar-refractivity contribution is 6.32. The number of amides is 1. The summed E-state index contributed by atoms with van der Waals surface area (Å²) in [4.78, 5) is 24.5. The summed E-state index contributed by atoms with van der Waals surface area (Å²) in [6, 6.07) is 11.9. The van der Waals surface area contributed by atoms with Crippen LogP contribution in [0.5, 0.6) is 5.75 Å². The molecule has 0 aliphatic rings. The minimum absolute atomic E-state index is 0.250. The van der Waals surface area contributed by atoms with Gasteiger partial charge in [-0.1, -0.05) is 17.7 Å². The Kier molecular flexibility index (Phi) is 6.57. The van der Waals surface area contributed by atoms with Crippen molar-refractivity contribution in [2.75, 3.05) is 25.6 Å². The second kappa shape index (κ2) is 8.87. The monoisotopic (exact) mass is 375 g/mol. The Morgan fingerprint density at radius 2 is 2.04 bits per heavy atom. The number of hydrazone groups is 1. The highest BCUT2D eigenvalue weighted by Crippen LogP contribution is 2.24. The third-order valence-corrected chi connectivity index (χ3v) is 3.61. The van der Waals surface area contributed by atoms with E-state index in [9.17, 15) is 9.59 Å². The van der Waals surface area contributed by atoms with Gasteiger partial charge < -0.3 is 14.7 Å². The average Bonchev–Trinajstić information content (AvgIpc) is 2.60. The third-order valence-electron chi connectivity index (χ3n) is 3.31. The Hall–Kier alpha value is -3.06. The molecule has 0 atom stereocenters. The molecule has 0 bridgehead atoms. The first-order valence-electron chi connectivity index (χ1n) is 7.62. The lowest BCUT2D eigenvalue weighted by atomic mass is 10.2. The van der Waals surface area contributed by atoms with Crippen LogP contribution < -0.4 is 15.1 Å². The Balaban J connectivity index is 1.99. The normalized spacial score (nSPS) is 10.6. The fraction of sp³-hybridized carbons (Fsp3) is 0.167. The van der Waals surface area contributed by atoms with Gasteiger partial charge in [-0.3, -0.25) is 4.79 Å². The first kappa shape index (κ1) is 19.3. The molecule has 2 aromatic carbocycles. The van der Waals surface area contributed by atoms with E-state index < -0.39 is 12.6 Å². The van der Waals surface area contributed by atoms with Gasteiger partial charge in [-0.25, -0.2) is 10.2 Å². The Bertz CT molecular complexity index is 837. The summed E-state index contributed by atoms with van der Waals surface area (Å²) >= 11 is 6.03. The number of carbonyl (C=O) groups excluding carboxylic acids is 1. The number of halogens is 1. The van der Waals surface area contributed by atoms with Gasteiger partial charge in [0.1, 0.15) is 5.75 Å². The summed E-state index contributed by atoms with van der Waals surface area (Å²) in [7, 11) is 3.78. The smallest absolute Gasteiger partial charge is 0.341 e. The first-order valence-corrected chi connectivity index (χ1v) is 7.99. The molecule has 7 nitrogen and oxygen atoms in total. The quantitative estimate of drug-likeness (QED) is 0.573. The van der Waals surface area contributed by atoms with E-state index in [4.69, 9.17) is 21.4 Å². The Labute approximate surface area is 155 Å². The maximum absolute atomic E-state index is 12.1. The minimum Gasteiger partial charge on any atom is -0.480 e. The number of nitrogens with one attached hydrogen (secondary N) is 1. The van der Waals surface area contributed by atoms with Gasteiger partial charge >= 0.3 is 5.97 Å². The topological polar surface area (TPSA) is 91.2 Å². The van der Waals surface area contributed by atoms with Crippen molar-refractivity contribution < 1.29 is 19.4 Å². The molecule has 0 heterocycles. The number of ether oxygens (including phenoxy) is 1. The van der Waals surface area contributed by atoms with E-state index in [1.165, 1.54) is 12.3 Å². The van der Waals surface area contributed by atoms with E-state index in [0.29, 0.717) is 11.1 Å². The number of benzene rings is 2. The van der Waals surface area contributed by atoms with Crippen LogP contribution in [0.25, 0.3) is 0 Å². The minimum atomic E-state index is -1.09. The van der Waals surface area contributed by atoms with E-state index in [1.54, 1.807) is 30.3 Å². The number of carboxylic acid groups (broad SMARTS) is 1. The van der Waals surface area contributed by atoms with Crippen LogP contribution in [0.1, 0.15) is 15.9 Å². The lowest BCUT2D eigenvalue weighted by Crippen LogP contribution is -2.18. The lowest BCUT2D eigenvalue weighted by molar-refractivity contribution is -0.139. The van der Waals surface area contributed by atoms with E-state index in [0.717, 1.165) is 5.69 Å². The standard InChI is InChI=1S/C18H18ClN3O4/c1-22(2)14-5-3-4-13(9-14)18(25)21-20-10-12-6-7-16(15(19)8-12)26-11-17(23)24/h3-10H,11H2,1-2H3,(H,21,25)(H,23,24). The Morgan fingerprint density at radius 3 is 2.69 bits per heavy atom. The summed E-state index contributed by atoms with van der Waals surface area (Å²) in [5.74, 6) is -1.17. The molecule has 0 aliphatic carbocycles. The van der Waals surface area contributed by atoms with Crippen molar-refractivity contribution in [2.24, 2.45) is 5.10 Å². The van der Waals surface area contributed by atoms with Crippen LogP contribution in [-0.2, 0) is 4.79 Å². The molecule has 0 unspecified atom stereocenters. The highest BCUT2D eigenvalue weighted by Gasteiger charge is 2.07. The molecule has 0 saturated carbocycles. The fourth-order valence-electron chi connectivity index (χ4n) is 2.01. The second-order valence-corrected chi connectivity index (χ2v) is 5.92. The van der Waals surface area contributed by atoms with Gasteiger partial charge in [0.25, 0.3) is 5.91 Å². The largest absolute Gasteiger partial charge is 0.480 e. The first-order chi connectivity index (χ1) is 12.4. The molecule has 0 spiro atoms. The molecule has 26 heavy (non-hydrogen) atoms. The molecule has 0 aromatic heterocycles. The molecule has 2 rings (SSSR count). The molecule has 2 N–H and O–H groups in total. The SMILES string of the molecule is CN(C)c1cccc(C(=O)NN=Cc2ccc(OCC(=O)O)c(Cl)c2)c1. The van der Waals surface area contributed by atoms with Gasteiger partial charge in [0.15, 0.2) is 6.61 Å². The summed E-state index contributed by atoms with van der Waals surface area (Å²) in [5.41, 5.74) is 4.47. The van der Waals surface area contributed by atoms with Crippen molar-refractivity contribution in [3.8, 4) is 5.75 Å². The Morgan fingerprint density at radius 1 is 1.27 bits per heavy atom. The molecule has 0 radical (unpaired) electrons. The van der Waals surface area contributed by atoms with E-state index >= 15 is 0 Å². The summed E-state index contributed by atoms with van der Waals surface area (Å²) in [5, 5.41) is 12.8. The van der Waals surface area contributed by atoms with Crippen LogP contribution in [-0.4, -0.2) is 43.9 Å². The number of hydrogen-bond donors (Lipinski definition) is 2. The predicted octanol–water partition coefficient (Wildman–Crippen LogP) is 2.63. The number of carbonyl (C=O) groups is 2. The maximum atomic E-state index is 12.1. The van der Waals surface area contributed by atoms with Crippen LogP contribution in [0.4, 0.5) is 5.69 Å². The van der Waals surface area contributed by atoms with Crippen molar-refractivity contribution in [3.63, 3.8) is 0 Å². The van der Waals surface area contributed by atoms with Crippen LogP contribution >= 0.6 is 11.6 Å².